The molecule has 0 heterocycles. The molecule has 0 bridgehead atoms. The fourth-order valence-corrected chi connectivity index (χ4v) is 2.02. The van der Waals surface area contributed by atoms with Crippen molar-refractivity contribution in [3.8, 4) is 0 Å². The van der Waals surface area contributed by atoms with Crippen LogP contribution in [0.3, 0.4) is 0 Å². The van der Waals surface area contributed by atoms with E-state index in [0.717, 1.165) is 25.7 Å². The minimum absolute atomic E-state index is 0.0249. The van der Waals surface area contributed by atoms with E-state index in [4.69, 9.17) is 10.8 Å². The Morgan fingerprint density at radius 1 is 1.44 bits per heavy atom. The van der Waals surface area contributed by atoms with Crippen molar-refractivity contribution in [3.63, 3.8) is 0 Å². The average Bonchev–Trinajstić information content (AvgIpc) is 3.10. The van der Waals surface area contributed by atoms with Crippen LogP contribution in [0.15, 0.2) is 0 Å². The zero-order valence-corrected chi connectivity index (χ0v) is 9.24. The number of nitrogens with one attached hydrogen (secondary N) is 1. The topological polar surface area (TPSA) is 92.4 Å². The third kappa shape index (κ3) is 2.35. The van der Waals surface area contributed by atoms with E-state index in [1.165, 1.54) is 0 Å². The molecule has 4 N–H and O–H groups in total. The van der Waals surface area contributed by atoms with Crippen LogP contribution < -0.4 is 11.1 Å². The van der Waals surface area contributed by atoms with Gasteiger partial charge in [0.25, 0.3) is 0 Å². The molecule has 1 atom stereocenters. The summed E-state index contributed by atoms with van der Waals surface area (Å²) in [5.41, 5.74) is 5.18. The molecular weight excluding hydrogens is 208 g/mol. The highest BCUT2D eigenvalue weighted by Gasteiger charge is 2.49. The normalized spacial score (nSPS) is 23.6. The Morgan fingerprint density at radius 3 is 2.44 bits per heavy atom. The van der Waals surface area contributed by atoms with Crippen LogP contribution in [0.25, 0.3) is 0 Å². The van der Waals surface area contributed by atoms with Crippen molar-refractivity contribution >= 4 is 11.9 Å². The number of rotatable bonds is 6. The fourth-order valence-electron chi connectivity index (χ4n) is 2.02. The second kappa shape index (κ2) is 4.05. The van der Waals surface area contributed by atoms with Crippen molar-refractivity contribution < 1.29 is 14.7 Å². The van der Waals surface area contributed by atoms with Crippen LogP contribution in [0.5, 0.6) is 0 Å². The number of hydrogen-bond acceptors (Lipinski definition) is 3. The zero-order chi connectivity index (χ0) is 11.8. The summed E-state index contributed by atoms with van der Waals surface area (Å²) >= 11 is 0. The Kier molecular flexibility index (Phi) is 2.88. The van der Waals surface area contributed by atoms with Crippen LogP contribution in [-0.2, 0) is 9.59 Å². The summed E-state index contributed by atoms with van der Waals surface area (Å²) in [5, 5.41) is 11.6. The Labute approximate surface area is 94.4 Å². The Hall–Kier alpha value is -1.10. The van der Waals surface area contributed by atoms with E-state index in [2.05, 4.69) is 5.32 Å². The van der Waals surface area contributed by atoms with Crippen LogP contribution in [-0.4, -0.2) is 29.6 Å². The predicted molar refractivity (Wildman–Crippen MR) is 57.6 cm³/mol. The summed E-state index contributed by atoms with van der Waals surface area (Å²) in [4.78, 5) is 22.6. The molecule has 5 heteroatoms. The molecule has 2 saturated carbocycles. The van der Waals surface area contributed by atoms with E-state index in [-0.39, 0.29) is 23.8 Å². The number of hydrogen-bond donors (Lipinski definition) is 3. The molecule has 0 aromatic heterocycles. The van der Waals surface area contributed by atoms with Gasteiger partial charge in [0.05, 0.1) is 11.8 Å². The molecule has 2 rings (SSSR count). The number of carboxylic acid groups (broad SMARTS) is 1. The standard InChI is InChI=1S/C11H18N2O3/c12-6-11(3-4-11)10(16)13-8(5-9(14)15)7-1-2-7/h7-8H,1-6,12H2,(H,13,16)(H,14,15). The fraction of sp³-hybridized carbons (Fsp3) is 0.818. The number of amides is 1. The first kappa shape index (κ1) is 11.4. The molecule has 2 aliphatic carbocycles. The van der Waals surface area contributed by atoms with Crippen LogP contribution in [0.2, 0.25) is 0 Å². The summed E-state index contributed by atoms with van der Waals surface area (Å²) in [6, 6.07) is -0.200. The lowest BCUT2D eigenvalue weighted by Gasteiger charge is -2.20. The van der Waals surface area contributed by atoms with E-state index in [0.29, 0.717) is 12.5 Å². The van der Waals surface area contributed by atoms with Gasteiger partial charge < -0.3 is 16.2 Å². The second-order valence-corrected chi connectivity index (χ2v) is 5.00. The zero-order valence-electron chi connectivity index (χ0n) is 9.24. The maximum Gasteiger partial charge on any atom is 0.305 e. The van der Waals surface area contributed by atoms with Gasteiger partial charge in [-0.1, -0.05) is 0 Å². The van der Waals surface area contributed by atoms with Gasteiger partial charge in [0.2, 0.25) is 5.91 Å². The van der Waals surface area contributed by atoms with Crippen molar-refractivity contribution in [1.82, 2.24) is 5.32 Å². The number of carbonyl (C=O) groups is 2. The minimum atomic E-state index is -0.852. The summed E-state index contributed by atoms with van der Waals surface area (Å²) in [5.74, 6) is -0.545. The van der Waals surface area contributed by atoms with Gasteiger partial charge in [-0.25, -0.2) is 0 Å². The molecule has 0 radical (unpaired) electrons. The predicted octanol–water partition coefficient (Wildman–Crippen LogP) is 0.0948. The lowest BCUT2D eigenvalue weighted by atomic mass is 10.0. The van der Waals surface area contributed by atoms with Gasteiger partial charge >= 0.3 is 5.97 Å². The van der Waals surface area contributed by atoms with Gasteiger partial charge in [-0.2, -0.15) is 0 Å². The SMILES string of the molecule is NCC1(C(=O)NC(CC(=O)O)C2CC2)CC1. The van der Waals surface area contributed by atoms with E-state index in [9.17, 15) is 9.59 Å². The van der Waals surface area contributed by atoms with Gasteiger partial charge in [-0.3, -0.25) is 9.59 Å². The van der Waals surface area contributed by atoms with Gasteiger partial charge in [0.15, 0.2) is 0 Å². The maximum absolute atomic E-state index is 11.9. The van der Waals surface area contributed by atoms with Gasteiger partial charge in [-0.15, -0.1) is 0 Å². The number of aliphatic carboxylic acids is 1. The van der Waals surface area contributed by atoms with Crippen molar-refractivity contribution in [2.45, 2.75) is 38.1 Å². The van der Waals surface area contributed by atoms with E-state index in [1.807, 2.05) is 0 Å². The van der Waals surface area contributed by atoms with Gasteiger partial charge in [-0.05, 0) is 31.6 Å². The molecule has 0 aromatic carbocycles. The third-order valence-corrected chi connectivity index (χ3v) is 3.63. The molecule has 0 spiro atoms. The minimum Gasteiger partial charge on any atom is -0.481 e. The maximum atomic E-state index is 11.9. The molecule has 0 saturated heterocycles. The molecule has 2 fully saturated rings. The molecule has 1 unspecified atom stereocenters. The molecular formula is C11H18N2O3. The molecule has 90 valence electrons. The lowest BCUT2D eigenvalue weighted by Crippen LogP contribution is -2.44. The van der Waals surface area contributed by atoms with Crippen molar-refractivity contribution in [2.75, 3.05) is 6.54 Å². The van der Waals surface area contributed by atoms with Crippen LogP contribution in [0.1, 0.15) is 32.1 Å². The highest BCUT2D eigenvalue weighted by atomic mass is 16.4. The first-order valence-electron chi connectivity index (χ1n) is 5.80. The number of carboxylic acids is 1. The summed E-state index contributed by atoms with van der Waals surface area (Å²) in [7, 11) is 0. The van der Waals surface area contributed by atoms with Crippen LogP contribution in [0.4, 0.5) is 0 Å². The summed E-state index contributed by atoms with van der Waals surface area (Å²) in [6.07, 6.45) is 3.73. The average molecular weight is 226 g/mol. The van der Waals surface area contributed by atoms with Crippen molar-refractivity contribution in [1.29, 1.82) is 0 Å². The van der Waals surface area contributed by atoms with Crippen molar-refractivity contribution in [3.05, 3.63) is 0 Å². The first-order valence-corrected chi connectivity index (χ1v) is 5.80. The molecule has 2 aliphatic rings. The molecule has 16 heavy (non-hydrogen) atoms. The Balaban J connectivity index is 1.90. The molecule has 1 amide bonds. The van der Waals surface area contributed by atoms with E-state index in [1.54, 1.807) is 0 Å². The van der Waals surface area contributed by atoms with Crippen molar-refractivity contribution in [2.24, 2.45) is 17.1 Å². The Bertz CT molecular complexity index is 308. The van der Waals surface area contributed by atoms with Crippen LogP contribution in [0, 0.1) is 11.3 Å². The van der Waals surface area contributed by atoms with E-state index >= 15 is 0 Å². The second-order valence-electron chi connectivity index (χ2n) is 5.00. The highest BCUT2D eigenvalue weighted by molar-refractivity contribution is 5.86. The molecule has 0 aliphatic heterocycles. The number of nitrogens with two attached hydrogens (primary N) is 1. The summed E-state index contributed by atoms with van der Waals surface area (Å²) < 4.78 is 0. The van der Waals surface area contributed by atoms with Gasteiger partial charge in [0.1, 0.15) is 0 Å². The quantitative estimate of drug-likeness (QED) is 0.598. The smallest absolute Gasteiger partial charge is 0.305 e. The lowest BCUT2D eigenvalue weighted by molar-refractivity contribution is -0.138. The van der Waals surface area contributed by atoms with Crippen LogP contribution >= 0.6 is 0 Å². The number of carbonyl (C=O) groups excluding carboxylic acids is 1. The van der Waals surface area contributed by atoms with E-state index < -0.39 is 5.97 Å². The highest BCUT2D eigenvalue weighted by Crippen LogP contribution is 2.45. The largest absolute Gasteiger partial charge is 0.481 e. The monoisotopic (exact) mass is 226 g/mol. The van der Waals surface area contributed by atoms with Gasteiger partial charge in [0, 0.05) is 12.6 Å². The first-order chi connectivity index (χ1) is 7.57. The molecule has 5 nitrogen and oxygen atoms in total. The molecule has 0 aromatic rings. The Morgan fingerprint density at radius 2 is 2.06 bits per heavy atom. The third-order valence-electron chi connectivity index (χ3n) is 3.63. The summed E-state index contributed by atoms with van der Waals surface area (Å²) in [6.45, 7) is 0.364.